The molecule has 0 unspecified atom stereocenters. The van der Waals surface area contributed by atoms with Gasteiger partial charge in [0, 0.05) is 42.0 Å². The molecule has 0 aliphatic carbocycles. The van der Waals surface area contributed by atoms with Crippen LogP contribution in [0, 0.1) is 0 Å². The van der Waals surface area contributed by atoms with Gasteiger partial charge in [0.05, 0.1) is 0 Å². The Morgan fingerprint density at radius 3 is 2.68 bits per heavy atom. The summed E-state index contributed by atoms with van der Waals surface area (Å²) >= 11 is 3.28. The van der Waals surface area contributed by atoms with Crippen LogP contribution in [0.5, 0.6) is 0 Å². The maximum atomic E-state index is 12.9. The first-order chi connectivity index (χ1) is 12.1. The quantitative estimate of drug-likeness (QED) is 0.793. The largest absolute Gasteiger partial charge is 0.296 e. The van der Waals surface area contributed by atoms with Gasteiger partial charge in [-0.1, -0.05) is 6.92 Å². The lowest BCUT2D eigenvalue weighted by atomic mass is 10.0. The molecular weight excluding hydrogens is 372 g/mol. The third-order valence-corrected chi connectivity index (χ3v) is 9.98. The maximum absolute atomic E-state index is 12.9. The van der Waals surface area contributed by atoms with Gasteiger partial charge in [-0.3, -0.25) is 4.90 Å². The number of aryl methyl sites for hydroxylation is 1. The van der Waals surface area contributed by atoms with Gasteiger partial charge in [-0.25, -0.2) is 8.42 Å². The van der Waals surface area contributed by atoms with Gasteiger partial charge in [0.15, 0.2) is 0 Å². The summed E-state index contributed by atoms with van der Waals surface area (Å²) in [6, 6.07) is 6.46. The van der Waals surface area contributed by atoms with E-state index in [4.69, 9.17) is 0 Å². The van der Waals surface area contributed by atoms with E-state index >= 15 is 0 Å². The number of thiophene rings is 2. The highest BCUT2D eigenvalue weighted by Gasteiger charge is 2.33. The summed E-state index contributed by atoms with van der Waals surface area (Å²) in [4.78, 5) is 5.22. The van der Waals surface area contributed by atoms with E-state index in [1.807, 2.05) is 17.4 Å². The first-order valence-electron chi connectivity index (χ1n) is 8.96. The Balaban J connectivity index is 1.40. The lowest BCUT2D eigenvalue weighted by Crippen LogP contribution is -2.47. The molecule has 0 aromatic carbocycles. The molecule has 2 aromatic heterocycles. The minimum absolute atomic E-state index is 0.503. The standard InChI is InChI=1S/C18H24N2O2S3/c1-2-16-3-4-18(24-16)25(21,22)20-10-5-15(6-11-20)19-9-7-17-14(13-19)8-12-23-17/h3-4,8,12,15H,2,5-7,9-11,13H2,1H3. The van der Waals surface area contributed by atoms with E-state index in [0.29, 0.717) is 23.3 Å². The first kappa shape index (κ1) is 17.7. The van der Waals surface area contributed by atoms with Gasteiger partial charge >= 0.3 is 0 Å². The Labute approximate surface area is 158 Å². The summed E-state index contributed by atoms with van der Waals surface area (Å²) < 4.78 is 27.9. The second-order valence-corrected chi connectivity index (χ2v) is 11.1. The van der Waals surface area contributed by atoms with Gasteiger partial charge in [0.2, 0.25) is 0 Å². The molecular formula is C18H24N2O2S3. The molecule has 2 aromatic rings. The maximum Gasteiger partial charge on any atom is 0.252 e. The van der Waals surface area contributed by atoms with Crippen LogP contribution in [-0.2, 0) is 29.4 Å². The molecule has 4 nitrogen and oxygen atoms in total. The van der Waals surface area contributed by atoms with Gasteiger partial charge < -0.3 is 0 Å². The minimum Gasteiger partial charge on any atom is -0.296 e. The highest BCUT2D eigenvalue weighted by atomic mass is 32.2. The van der Waals surface area contributed by atoms with Crippen molar-refractivity contribution in [1.29, 1.82) is 0 Å². The number of nitrogens with zero attached hydrogens (tertiary/aromatic N) is 2. The molecule has 4 heterocycles. The van der Waals surface area contributed by atoms with Crippen LogP contribution < -0.4 is 0 Å². The molecule has 1 fully saturated rings. The minimum atomic E-state index is -3.31. The second kappa shape index (κ2) is 7.12. The lowest BCUT2D eigenvalue weighted by Gasteiger charge is -2.39. The van der Waals surface area contributed by atoms with Crippen molar-refractivity contribution < 1.29 is 8.42 Å². The highest BCUT2D eigenvalue weighted by Crippen LogP contribution is 2.31. The molecule has 4 rings (SSSR count). The average Bonchev–Trinajstić information content (AvgIpc) is 3.30. The summed E-state index contributed by atoms with van der Waals surface area (Å²) in [5, 5.41) is 2.19. The fraction of sp³-hybridized carbons (Fsp3) is 0.556. The smallest absolute Gasteiger partial charge is 0.252 e. The molecule has 25 heavy (non-hydrogen) atoms. The van der Waals surface area contributed by atoms with Crippen molar-refractivity contribution >= 4 is 32.7 Å². The van der Waals surface area contributed by atoms with Crippen LogP contribution in [0.1, 0.15) is 35.1 Å². The molecule has 0 N–H and O–H groups in total. The molecule has 0 saturated carbocycles. The van der Waals surface area contributed by atoms with Crippen molar-refractivity contribution in [1.82, 2.24) is 9.21 Å². The SMILES string of the molecule is CCc1ccc(S(=O)(=O)N2CCC(N3CCc4sccc4C3)CC2)s1. The van der Waals surface area contributed by atoms with Gasteiger partial charge in [0.1, 0.15) is 4.21 Å². The highest BCUT2D eigenvalue weighted by molar-refractivity contribution is 7.91. The number of sulfonamides is 1. The fourth-order valence-corrected chi connectivity index (χ4v) is 7.65. The molecule has 136 valence electrons. The van der Waals surface area contributed by atoms with Crippen molar-refractivity contribution in [3.05, 3.63) is 38.9 Å². The van der Waals surface area contributed by atoms with E-state index < -0.39 is 10.0 Å². The van der Waals surface area contributed by atoms with Crippen LogP contribution in [0.3, 0.4) is 0 Å². The van der Waals surface area contributed by atoms with E-state index in [1.165, 1.54) is 21.8 Å². The number of hydrogen-bond acceptors (Lipinski definition) is 5. The average molecular weight is 397 g/mol. The molecule has 7 heteroatoms. The van der Waals surface area contributed by atoms with Gasteiger partial charge in [-0.05, 0) is 54.8 Å². The third kappa shape index (κ3) is 3.45. The van der Waals surface area contributed by atoms with Crippen LogP contribution in [0.15, 0.2) is 27.8 Å². The van der Waals surface area contributed by atoms with E-state index in [9.17, 15) is 8.42 Å². The van der Waals surface area contributed by atoms with Gasteiger partial charge in [-0.15, -0.1) is 22.7 Å². The zero-order valence-corrected chi connectivity index (χ0v) is 16.9. The predicted molar refractivity (Wildman–Crippen MR) is 104 cm³/mol. The predicted octanol–water partition coefficient (Wildman–Crippen LogP) is 3.58. The molecule has 0 bridgehead atoms. The molecule has 2 aliphatic heterocycles. The van der Waals surface area contributed by atoms with Crippen LogP contribution in [0.25, 0.3) is 0 Å². The Morgan fingerprint density at radius 2 is 1.96 bits per heavy atom. The third-order valence-electron chi connectivity index (χ3n) is 5.36. The molecule has 0 atom stereocenters. The van der Waals surface area contributed by atoms with Crippen molar-refractivity contribution in [2.24, 2.45) is 0 Å². The molecule has 0 amide bonds. The Morgan fingerprint density at radius 1 is 1.16 bits per heavy atom. The zero-order valence-electron chi connectivity index (χ0n) is 14.5. The van der Waals surface area contributed by atoms with Crippen molar-refractivity contribution in [2.45, 2.75) is 49.4 Å². The summed E-state index contributed by atoms with van der Waals surface area (Å²) in [5.74, 6) is 0. The monoisotopic (exact) mass is 396 g/mol. The molecule has 0 spiro atoms. The topological polar surface area (TPSA) is 40.6 Å². The summed E-state index contributed by atoms with van der Waals surface area (Å²) in [7, 11) is -3.31. The number of rotatable bonds is 4. The second-order valence-electron chi connectivity index (χ2n) is 6.80. The zero-order chi connectivity index (χ0) is 17.4. The molecule has 0 radical (unpaired) electrons. The number of piperidine rings is 1. The van der Waals surface area contributed by atoms with Crippen molar-refractivity contribution in [2.75, 3.05) is 19.6 Å². The lowest BCUT2D eigenvalue weighted by molar-refractivity contribution is 0.127. The van der Waals surface area contributed by atoms with Crippen molar-refractivity contribution in [3.8, 4) is 0 Å². The molecule has 1 saturated heterocycles. The first-order valence-corrected chi connectivity index (χ1v) is 12.1. The summed E-state index contributed by atoms with van der Waals surface area (Å²) in [6.07, 6.45) is 3.90. The fourth-order valence-electron chi connectivity index (χ4n) is 3.84. The summed E-state index contributed by atoms with van der Waals surface area (Å²) in [5.41, 5.74) is 1.47. The van der Waals surface area contributed by atoms with Gasteiger partial charge in [0.25, 0.3) is 10.0 Å². The summed E-state index contributed by atoms with van der Waals surface area (Å²) in [6.45, 7) is 5.47. The van der Waals surface area contributed by atoms with Crippen LogP contribution in [0.2, 0.25) is 0 Å². The number of fused-ring (bicyclic) bond motifs is 1. The normalized spacial score (nSPS) is 20.7. The van der Waals surface area contributed by atoms with E-state index in [1.54, 1.807) is 10.4 Å². The van der Waals surface area contributed by atoms with E-state index in [2.05, 4.69) is 23.3 Å². The van der Waals surface area contributed by atoms with Crippen LogP contribution in [-0.4, -0.2) is 43.3 Å². The van der Waals surface area contributed by atoms with Crippen molar-refractivity contribution in [3.63, 3.8) is 0 Å². The molecule has 2 aliphatic rings. The van der Waals surface area contributed by atoms with Crippen LogP contribution in [0.4, 0.5) is 0 Å². The van der Waals surface area contributed by atoms with E-state index in [0.717, 1.165) is 43.6 Å². The Kier molecular flexibility index (Phi) is 5.03. The van der Waals surface area contributed by atoms with E-state index in [-0.39, 0.29) is 0 Å². The van der Waals surface area contributed by atoms with Crippen LogP contribution >= 0.6 is 22.7 Å². The Bertz CT molecular complexity index is 832. The van der Waals surface area contributed by atoms with Gasteiger partial charge in [-0.2, -0.15) is 4.31 Å². The Hall–Kier alpha value is -0.730. The number of hydrogen-bond donors (Lipinski definition) is 0.